The number of carbonyl (C=O) groups excluding carboxylic acids is 1. The molecule has 1 heterocycles. The van der Waals surface area contributed by atoms with Gasteiger partial charge in [0.2, 0.25) is 5.88 Å². The van der Waals surface area contributed by atoms with E-state index < -0.39 is 15.1 Å². The Morgan fingerprint density at radius 1 is 1.39 bits per heavy atom. The van der Waals surface area contributed by atoms with Crippen LogP contribution in [-0.2, 0) is 23.5 Å². The average molecular weight is 377 g/mol. The predicted octanol–water partition coefficient (Wildman–Crippen LogP) is 2.74. The maximum Gasteiger partial charge on any atom is 0.253 e. The number of ether oxygens (including phenoxy) is 1. The number of rotatable bonds is 5. The number of carbonyl (C=O) groups is 1. The van der Waals surface area contributed by atoms with Crippen molar-refractivity contribution in [3.63, 3.8) is 0 Å². The van der Waals surface area contributed by atoms with Gasteiger partial charge < -0.3 is 4.74 Å². The standard InChI is InChI=1S/C14H14Cl2N2O4S/c1-8-6-12(18(2)17-8)22-7-10-11(23(3,20)21)5-4-9(13(10)15)14(16)19/h4-6H,7H2,1-3H3. The molecule has 0 amide bonds. The highest BCUT2D eigenvalue weighted by Gasteiger charge is 2.21. The summed E-state index contributed by atoms with van der Waals surface area (Å²) in [6, 6.07) is 4.28. The number of hydrogen-bond acceptors (Lipinski definition) is 5. The Morgan fingerprint density at radius 2 is 2.04 bits per heavy atom. The molecular weight excluding hydrogens is 363 g/mol. The second kappa shape index (κ2) is 6.51. The van der Waals surface area contributed by atoms with Crippen molar-refractivity contribution in [2.45, 2.75) is 18.4 Å². The van der Waals surface area contributed by atoms with E-state index >= 15 is 0 Å². The molecule has 0 atom stereocenters. The van der Waals surface area contributed by atoms with Gasteiger partial charge in [0, 0.05) is 24.9 Å². The summed E-state index contributed by atoms with van der Waals surface area (Å²) in [5, 5.41) is 3.32. The lowest BCUT2D eigenvalue weighted by Crippen LogP contribution is -2.09. The molecule has 0 aliphatic carbocycles. The van der Waals surface area contributed by atoms with Crippen LogP contribution in [0.25, 0.3) is 0 Å². The molecule has 1 aromatic carbocycles. The molecule has 0 saturated carbocycles. The molecule has 0 unspecified atom stereocenters. The lowest BCUT2D eigenvalue weighted by Gasteiger charge is -2.13. The molecule has 0 fully saturated rings. The molecule has 124 valence electrons. The van der Waals surface area contributed by atoms with Crippen molar-refractivity contribution >= 4 is 38.3 Å². The van der Waals surface area contributed by atoms with Crippen LogP contribution in [-0.4, -0.2) is 29.7 Å². The first-order valence-electron chi connectivity index (χ1n) is 6.46. The number of aryl methyl sites for hydroxylation is 2. The molecule has 0 aliphatic rings. The third-order valence-corrected chi connectivity index (χ3v) is 4.95. The van der Waals surface area contributed by atoms with Crippen LogP contribution in [0.1, 0.15) is 21.6 Å². The summed E-state index contributed by atoms with van der Waals surface area (Å²) in [6.07, 6.45) is 1.05. The third kappa shape index (κ3) is 3.85. The molecule has 0 saturated heterocycles. The van der Waals surface area contributed by atoms with Crippen molar-refractivity contribution in [3.8, 4) is 5.88 Å². The third-order valence-electron chi connectivity index (χ3n) is 3.13. The average Bonchev–Trinajstić information content (AvgIpc) is 2.73. The van der Waals surface area contributed by atoms with E-state index in [1.54, 1.807) is 20.0 Å². The number of hydrogen-bond donors (Lipinski definition) is 0. The minimum Gasteiger partial charge on any atom is -0.473 e. The lowest BCUT2D eigenvalue weighted by molar-refractivity contribution is 0.108. The lowest BCUT2D eigenvalue weighted by atomic mass is 10.1. The molecule has 0 bridgehead atoms. The first-order chi connectivity index (χ1) is 10.6. The van der Waals surface area contributed by atoms with E-state index in [0.29, 0.717) is 5.88 Å². The topological polar surface area (TPSA) is 78.3 Å². The van der Waals surface area contributed by atoms with Crippen LogP contribution in [0.3, 0.4) is 0 Å². The van der Waals surface area contributed by atoms with Crippen LogP contribution in [0.2, 0.25) is 5.02 Å². The fourth-order valence-corrected chi connectivity index (χ4v) is 3.60. The maximum absolute atomic E-state index is 11.9. The molecule has 23 heavy (non-hydrogen) atoms. The Morgan fingerprint density at radius 3 is 2.52 bits per heavy atom. The second-order valence-electron chi connectivity index (χ2n) is 4.99. The smallest absolute Gasteiger partial charge is 0.253 e. The van der Waals surface area contributed by atoms with Gasteiger partial charge in [-0.25, -0.2) is 13.1 Å². The monoisotopic (exact) mass is 376 g/mol. The minimum atomic E-state index is -3.55. The summed E-state index contributed by atoms with van der Waals surface area (Å²) in [7, 11) is -1.85. The van der Waals surface area contributed by atoms with Gasteiger partial charge in [-0.1, -0.05) is 11.6 Å². The molecule has 9 heteroatoms. The largest absolute Gasteiger partial charge is 0.473 e. The van der Waals surface area contributed by atoms with Crippen molar-refractivity contribution < 1.29 is 17.9 Å². The van der Waals surface area contributed by atoms with E-state index in [1.165, 1.54) is 16.8 Å². The van der Waals surface area contributed by atoms with Gasteiger partial charge in [0.25, 0.3) is 5.24 Å². The molecule has 0 spiro atoms. The summed E-state index contributed by atoms with van der Waals surface area (Å²) in [4.78, 5) is 11.4. The number of benzene rings is 1. The molecule has 2 aromatic rings. The number of halogens is 2. The minimum absolute atomic E-state index is 0.0111. The zero-order chi connectivity index (χ0) is 17.4. The molecule has 2 rings (SSSR count). The van der Waals surface area contributed by atoms with Crippen LogP contribution < -0.4 is 4.74 Å². The van der Waals surface area contributed by atoms with Gasteiger partial charge in [0.1, 0.15) is 6.61 Å². The maximum atomic E-state index is 11.9. The van der Waals surface area contributed by atoms with E-state index in [4.69, 9.17) is 27.9 Å². The van der Waals surface area contributed by atoms with E-state index in [9.17, 15) is 13.2 Å². The number of nitrogens with zero attached hydrogens (tertiary/aromatic N) is 2. The zero-order valence-corrected chi connectivity index (χ0v) is 15.0. The Labute approximate surface area is 143 Å². The first kappa shape index (κ1) is 17.8. The van der Waals surface area contributed by atoms with Gasteiger partial charge in [-0.15, -0.1) is 0 Å². The Bertz CT molecular complexity index is 875. The van der Waals surface area contributed by atoms with Crippen LogP contribution in [0.5, 0.6) is 5.88 Å². The second-order valence-corrected chi connectivity index (χ2v) is 7.69. The van der Waals surface area contributed by atoms with E-state index in [-0.39, 0.29) is 27.7 Å². The highest BCUT2D eigenvalue weighted by atomic mass is 35.5. The Hall–Kier alpha value is -1.57. The van der Waals surface area contributed by atoms with Gasteiger partial charge in [-0.2, -0.15) is 5.10 Å². The summed E-state index contributed by atoms with van der Waals surface area (Å²) < 4.78 is 30.9. The van der Waals surface area contributed by atoms with E-state index in [2.05, 4.69) is 5.10 Å². The van der Waals surface area contributed by atoms with Gasteiger partial charge in [-0.05, 0) is 30.7 Å². The van der Waals surface area contributed by atoms with E-state index in [0.717, 1.165) is 11.9 Å². The van der Waals surface area contributed by atoms with Gasteiger partial charge in [-0.3, -0.25) is 4.79 Å². The fourth-order valence-electron chi connectivity index (χ4n) is 2.11. The molecule has 0 aliphatic heterocycles. The van der Waals surface area contributed by atoms with Gasteiger partial charge >= 0.3 is 0 Å². The van der Waals surface area contributed by atoms with Gasteiger partial charge in [0.05, 0.1) is 21.2 Å². The number of aromatic nitrogens is 2. The predicted molar refractivity (Wildman–Crippen MR) is 87.0 cm³/mol. The summed E-state index contributed by atoms with van der Waals surface area (Å²) in [6.45, 7) is 1.66. The molecule has 6 nitrogen and oxygen atoms in total. The highest BCUT2D eigenvalue weighted by Crippen LogP contribution is 2.30. The normalized spacial score (nSPS) is 11.5. The van der Waals surface area contributed by atoms with Crippen molar-refractivity contribution in [1.29, 1.82) is 0 Å². The molecule has 0 radical (unpaired) electrons. The highest BCUT2D eigenvalue weighted by molar-refractivity contribution is 7.90. The number of sulfone groups is 1. The van der Waals surface area contributed by atoms with Crippen LogP contribution >= 0.6 is 23.2 Å². The van der Waals surface area contributed by atoms with Crippen LogP contribution in [0.4, 0.5) is 0 Å². The van der Waals surface area contributed by atoms with Crippen molar-refractivity contribution in [2.24, 2.45) is 7.05 Å². The van der Waals surface area contributed by atoms with Crippen LogP contribution in [0, 0.1) is 6.92 Å². The van der Waals surface area contributed by atoms with Crippen molar-refractivity contribution in [3.05, 3.63) is 40.0 Å². The summed E-state index contributed by atoms with van der Waals surface area (Å²) in [5.41, 5.74) is 0.960. The molecular formula is C14H14Cl2N2O4S. The molecule has 0 N–H and O–H groups in total. The van der Waals surface area contributed by atoms with Crippen molar-refractivity contribution in [2.75, 3.05) is 6.26 Å². The summed E-state index contributed by atoms with van der Waals surface area (Å²) >= 11 is 11.6. The van der Waals surface area contributed by atoms with Crippen LogP contribution in [0.15, 0.2) is 23.1 Å². The van der Waals surface area contributed by atoms with E-state index in [1.807, 2.05) is 0 Å². The van der Waals surface area contributed by atoms with Crippen molar-refractivity contribution in [1.82, 2.24) is 9.78 Å². The molecule has 1 aromatic heterocycles. The van der Waals surface area contributed by atoms with Gasteiger partial charge in [0.15, 0.2) is 9.84 Å². The SMILES string of the molecule is Cc1cc(OCc2c(S(C)(=O)=O)ccc(C(=O)Cl)c2Cl)n(C)n1. The Kier molecular flexibility index (Phi) is 5.03. The summed E-state index contributed by atoms with van der Waals surface area (Å²) in [5.74, 6) is 0.445. The first-order valence-corrected chi connectivity index (χ1v) is 9.10. The Balaban J connectivity index is 2.48. The fraction of sp³-hybridized carbons (Fsp3) is 0.286. The zero-order valence-electron chi connectivity index (χ0n) is 12.6. The quantitative estimate of drug-likeness (QED) is 0.749.